The highest BCUT2D eigenvalue weighted by Gasteiger charge is 1.85. The smallest absolute Gasteiger partial charge is 0.181 e. The molecule has 0 aromatic heterocycles. The molecule has 0 radical (unpaired) electrons. The van der Waals surface area contributed by atoms with Gasteiger partial charge in [0, 0.05) is 13.3 Å². The lowest BCUT2D eigenvalue weighted by atomic mass is 10.5. The molecular formula is C6H12N2S. The fourth-order valence-corrected chi connectivity index (χ4v) is 0.734. The van der Waals surface area contributed by atoms with Gasteiger partial charge in [0.25, 0.3) is 0 Å². The Labute approximate surface area is 60.5 Å². The van der Waals surface area contributed by atoms with Gasteiger partial charge < -0.3 is 0 Å². The standard InChI is InChI=1S/C6H12N2S/c1-4-5-8-6(7-2)9-3/h5H,4H2,1-3H3. The van der Waals surface area contributed by atoms with Gasteiger partial charge in [0.05, 0.1) is 0 Å². The average Bonchev–Trinajstić information content (AvgIpc) is 1.91. The Kier molecular flexibility index (Phi) is 5.62. The minimum atomic E-state index is 0.844. The van der Waals surface area contributed by atoms with Gasteiger partial charge in [0.1, 0.15) is 0 Å². The average molecular weight is 144 g/mol. The van der Waals surface area contributed by atoms with Gasteiger partial charge in [-0.1, -0.05) is 18.7 Å². The summed E-state index contributed by atoms with van der Waals surface area (Å²) in [5.41, 5.74) is 0. The maximum absolute atomic E-state index is 4.07. The molecule has 0 saturated heterocycles. The van der Waals surface area contributed by atoms with Gasteiger partial charge >= 0.3 is 0 Å². The molecule has 9 heavy (non-hydrogen) atoms. The summed E-state index contributed by atoms with van der Waals surface area (Å²) >= 11 is 1.56. The van der Waals surface area contributed by atoms with Crippen LogP contribution in [0.25, 0.3) is 0 Å². The van der Waals surface area contributed by atoms with Crippen LogP contribution in [0.15, 0.2) is 9.98 Å². The van der Waals surface area contributed by atoms with Crippen molar-refractivity contribution >= 4 is 23.1 Å². The highest BCUT2D eigenvalue weighted by molar-refractivity contribution is 8.13. The zero-order chi connectivity index (χ0) is 7.11. The third kappa shape index (κ3) is 4.21. The van der Waals surface area contributed by atoms with Crippen molar-refractivity contribution in [2.45, 2.75) is 13.3 Å². The van der Waals surface area contributed by atoms with E-state index in [0.29, 0.717) is 0 Å². The first-order valence-corrected chi connectivity index (χ1v) is 4.11. The van der Waals surface area contributed by atoms with Crippen LogP contribution in [-0.2, 0) is 0 Å². The van der Waals surface area contributed by atoms with Crippen molar-refractivity contribution < 1.29 is 0 Å². The van der Waals surface area contributed by atoms with E-state index in [1.165, 1.54) is 0 Å². The van der Waals surface area contributed by atoms with E-state index in [4.69, 9.17) is 0 Å². The highest BCUT2D eigenvalue weighted by Crippen LogP contribution is 1.97. The molecule has 0 aliphatic carbocycles. The van der Waals surface area contributed by atoms with E-state index < -0.39 is 0 Å². The molecule has 0 aromatic carbocycles. The van der Waals surface area contributed by atoms with Crippen LogP contribution in [0.1, 0.15) is 13.3 Å². The molecule has 0 aliphatic heterocycles. The first-order chi connectivity index (χ1) is 4.35. The molecule has 0 aliphatic rings. The Morgan fingerprint density at radius 1 is 1.67 bits per heavy atom. The molecule has 0 heterocycles. The molecule has 2 nitrogen and oxygen atoms in total. The number of nitrogens with zero attached hydrogens (tertiary/aromatic N) is 2. The second-order valence-electron chi connectivity index (χ2n) is 1.43. The van der Waals surface area contributed by atoms with Crippen LogP contribution in [0.3, 0.4) is 0 Å². The van der Waals surface area contributed by atoms with Crippen LogP contribution in [0, 0.1) is 0 Å². The Morgan fingerprint density at radius 2 is 2.33 bits per heavy atom. The third-order valence-corrected chi connectivity index (χ3v) is 1.41. The summed E-state index contributed by atoms with van der Waals surface area (Å²) in [5, 5.41) is 0.844. The Hall–Kier alpha value is -0.310. The van der Waals surface area contributed by atoms with Crippen molar-refractivity contribution in [3.63, 3.8) is 0 Å². The van der Waals surface area contributed by atoms with Gasteiger partial charge in [-0.3, -0.25) is 4.99 Å². The molecular weight excluding hydrogens is 132 g/mol. The summed E-state index contributed by atoms with van der Waals surface area (Å²) in [6, 6.07) is 0. The second-order valence-corrected chi connectivity index (χ2v) is 2.20. The lowest BCUT2D eigenvalue weighted by Gasteiger charge is -1.89. The monoisotopic (exact) mass is 144 g/mol. The predicted octanol–water partition coefficient (Wildman–Crippen LogP) is 1.82. The van der Waals surface area contributed by atoms with Gasteiger partial charge in [0.2, 0.25) is 0 Å². The highest BCUT2D eigenvalue weighted by atomic mass is 32.2. The summed E-state index contributed by atoms with van der Waals surface area (Å²) < 4.78 is 0. The van der Waals surface area contributed by atoms with Crippen molar-refractivity contribution in [2.75, 3.05) is 13.3 Å². The number of amidine groups is 1. The van der Waals surface area contributed by atoms with E-state index in [1.807, 2.05) is 12.5 Å². The lowest BCUT2D eigenvalue weighted by molar-refractivity contribution is 1.32. The number of hydrogen-bond donors (Lipinski definition) is 0. The third-order valence-electron chi connectivity index (χ3n) is 0.758. The second kappa shape index (κ2) is 5.82. The van der Waals surface area contributed by atoms with Crippen LogP contribution in [-0.4, -0.2) is 24.7 Å². The number of aliphatic imine (C=N–C) groups is 2. The van der Waals surface area contributed by atoms with Gasteiger partial charge in [-0.2, -0.15) is 0 Å². The maximum Gasteiger partial charge on any atom is 0.181 e. The van der Waals surface area contributed by atoms with Gasteiger partial charge in [-0.15, -0.1) is 0 Å². The molecule has 3 heteroatoms. The molecule has 0 aromatic rings. The summed E-state index contributed by atoms with van der Waals surface area (Å²) in [4.78, 5) is 7.99. The molecule has 0 saturated carbocycles. The number of rotatable bonds is 1. The first kappa shape index (κ1) is 8.69. The van der Waals surface area contributed by atoms with Crippen molar-refractivity contribution in [2.24, 2.45) is 9.98 Å². The maximum atomic E-state index is 4.07. The van der Waals surface area contributed by atoms with Crippen molar-refractivity contribution in [3.8, 4) is 0 Å². The normalized spacial score (nSPS) is 13.0. The largest absolute Gasteiger partial charge is 0.264 e. The van der Waals surface area contributed by atoms with E-state index in [-0.39, 0.29) is 0 Å². The summed E-state index contributed by atoms with van der Waals surface area (Å²) in [6.07, 6.45) is 4.80. The zero-order valence-electron chi connectivity index (χ0n) is 6.09. The fourth-order valence-electron chi connectivity index (χ4n) is 0.371. The van der Waals surface area contributed by atoms with Crippen molar-refractivity contribution in [1.29, 1.82) is 0 Å². The van der Waals surface area contributed by atoms with Crippen molar-refractivity contribution in [1.82, 2.24) is 0 Å². The van der Waals surface area contributed by atoms with E-state index >= 15 is 0 Å². The zero-order valence-corrected chi connectivity index (χ0v) is 6.90. The molecule has 0 unspecified atom stereocenters. The first-order valence-electron chi connectivity index (χ1n) is 2.88. The van der Waals surface area contributed by atoms with Crippen LogP contribution >= 0.6 is 11.8 Å². The van der Waals surface area contributed by atoms with Crippen LogP contribution in [0.5, 0.6) is 0 Å². The Morgan fingerprint density at radius 3 is 2.67 bits per heavy atom. The lowest BCUT2D eigenvalue weighted by Crippen LogP contribution is -1.84. The SMILES string of the molecule is CCC=NC(=NC)SC. The number of hydrogen-bond acceptors (Lipinski definition) is 2. The van der Waals surface area contributed by atoms with Crippen LogP contribution in [0.2, 0.25) is 0 Å². The van der Waals surface area contributed by atoms with Crippen LogP contribution < -0.4 is 0 Å². The fraction of sp³-hybridized carbons (Fsp3) is 0.667. The van der Waals surface area contributed by atoms with E-state index in [2.05, 4.69) is 16.9 Å². The molecule has 0 fully saturated rings. The predicted molar refractivity (Wildman–Crippen MR) is 45.7 cm³/mol. The summed E-state index contributed by atoms with van der Waals surface area (Å²) in [5.74, 6) is 0. The molecule has 0 rings (SSSR count). The quantitative estimate of drug-likeness (QED) is 0.407. The number of thioether (sulfide) groups is 1. The van der Waals surface area contributed by atoms with E-state index in [1.54, 1.807) is 18.8 Å². The van der Waals surface area contributed by atoms with Gasteiger partial charge in [-0.05, 0) is 12.7 Å². The molecule has 0 spiro atoms. The molecule has 0 amide bonds. The Balaban J connectivity index is 3.70. The molecule has 0 N–H and O–H groups in total. The van der Waals surface area contributed by atoms with Gasteiger partial charge in [0.15, 0.2) is 5.17 Å². The molecule has 0 bridgehead atoms. The van der Waals surface area contributed by atoms with E-state index in [0.717, 1.165) is 11.6 Å². The molecule has 0 atom stereocenters. The summed E-state index contributed by atoms with van der Waals surface area (Å²) in [6.45, 7) is 2.05. The van der Waals surface area contributed by atoms with Gasteiger partial charge in [-0.25, -0.2) is 4.99 Å². The summed E-state index contributed by atoms with van der Waals surface area (Å²) in [7, 11) is 1.75. The van der Waals surface area contributed by atoms with E-state index in [9.17, 15) is 0 Å². The Bertz CT molecular complexity index is 118. The van der Waals surface area contributed by atoms with Crippen LogP contribution in [0.4, 0.5) is 0 Å². The topological polar surface area (TPSA) is 24.7 Å². The molecule has 52 valence electrons. The minimum Gasteiger partial charge on any atom is -0.264 e. The minimum absolute atomic E-state index is 0.844. The van der Waals surface area contributed by atoms with Crippen molar-refractivity contribution in [3.05, 3.63) is 0 Å².